The molecule has 1 aromatic rings. The second kappa shape index (κ2) is 7.45. The molecular formula is C13H20BrN3O2. The molecule has 106 valence electrons. The summed E-state index contributed by atoms with van der Waals surface area (Å²) in [5.41, 5.74) is 6.14. The molecule has 1 aromatic heterocycles. The zero-order chi connectivity index (χ0) is 14.4. The first-order valence-electron chi connectivity index (χ1n) is 6.37. The summed E-state index contributed by atoms with van der Waals surface area (Å²) in [6.07, 6.45) is 3.23. The van der Waals surface area contributed by atoms with Crippen molar-refractivity contribution in [2.75, 3.05) is 18.9 Å². The third kappa shape index (κ3) is 3.91. The molecule has 19 heavy (non-hydrogen) atoms. The topological polar surface area (TPSA) is 79.5 Å². The van der Waals surface area contributed by atoms with Gasteiger partial charge in [-0.2, -0.15) is 0 Å². The number of hydrogen-bond acceptors (Lipinski definition) is 4. The third-order valence-electron chi connectivity index (χ3n) is 3.10. The predicted molar refractivity (Wildman–Crippen MR) is 78.8 cm³/mol. The summed E-state index contributed by atoms with van der Waals surface area (Å²) in [6, 6.07) is 1.76. The van der Waals surface area contributed by atoms with Crippen LogP contribution < -0.4 is 5.73 Å². The van der Waals surface area contributed by atoms with Gasteiger partial charge in [-0.05, 0) is 34.8 Å². The van der Waals surface area contributed by atoms with Gasteiger partial charge in [-0.1, -0.05) is 13.8 Å². The van der Waals surface area contributed by atoms with Crippen molar-refractivity contribution in [3.8, 4) is 0 Å². The van der Waals surface area contributed by atoms with E-state index in [0.717, 1.165) is 12.8 Å². The summed E-state index contributed by atoms with van der Waals surface area (Å²) in [6.45, 7) is 4.28. The zero-order valence-corrected chi connectivity index (χ0v) is 12.9. The van der Waals surface area contributed by atoms with E-state index in [-0.39, 0.29) is 24.4 Å². The van der Waals surface area contributed by atoms with Crippen LogP contribution in [0.15, 0.2) is 16.7 Å². The SMILES string of the molecule is CCC(CC)N(CCO)C(=O)c1cc(Br)cnc1N. The van der Waals surface area contributed by atoms with Crippen LogP contribution in [0.4, 0.5) is 5.82 Å². The lowest BCUT2D eigenvalue weighted by atomic mass is 10.1. The van der Waals surface area contributed by atoms with Crippen LogP contribution in [-0.2, 0) is 0 Å². The predicted octanol–water partition coefficient (Wildman–Crippen LogP) is 2.05. The first-order chi connectivity index (χ1) is 9.04. The molecule has 0 aromatic carbocycles. The number of anilines is 1. The molecule has 5 nitrogen and oxygen atoms in total. The molecule has 1 rings (SSSR count). The van der Waals surface area contributed by atoms with Gasteiger partial charge in [0.25, 0.3) is 5.91 Å². The molecule has 0 aliphatic carbocycles. The highest BCUT2D eigenvalue weighted by Crippen LogP contribution is 2.20. The Balaban J connectivity index is 3.08. The monoisotopic (exact) mass is 329 g/mol. The smallest absolute Gasteiger partial charge is 0.257 e. The Labute approximate surface area is 121 Å². The van der Waals surface area contributed by atoms with Crippen LogP contribution in [0.5, 0.6) is 0 Å². The van der Waals surface area contributed by atoms with E-state index < -0.39 is 0 Å². The van der Waals surface area contributed by atoms with E-state index >= 15 is 0 Å². The number of nitrogens with two attached hydrogens (primary N) is 1. The van der Waals surface area contributed by atoms with Gasteiger partial charge in [0.15, 0.2) is 0 Å². The molecule has 1 amide bonds. The number of aliphatic hydroxyl groups is 1. The van der Waals surface area contributed by atoms with Crippen LogP contribution in [0.2, 0.25) is 0 Å². The lowest BCUT2D eigenvalue weighted by Gasteiger charge is -2.30. The minimum Gasteiger partial charge on any atom is -0.395 e. The van der Waals surface area contributed by atoms with E-state index in [0.29, 0.717) is 16.6 Å². The summed E-state index contributed by atoms with van der Waals surface area (Å²) in [5.74, 6) is 0.0242. The molecule has 0 aliphatic heterocycles. The number of aliphatic hydroxyl groups excluding tert-OH is 1. The average molecular weight is 330 g/mol. The van der Waals surface area contributed by atoms with E-state index in [2.05, 4.69) is 20.9 Å². The molecule has 0 spiro atoms. The molecule has 0 aliphatic rings. The standard InChI is InChI=1S/C13H20BrN3O2/c1-3-10(4-2)17(5-6-18)13(19)11-7-9(14)8-16-12(11)15/h7-8,10,18H,3-6H2,1-2H3,(H2,15,16). The molecule has 0 bridgehead atoms. The van der Waals surface area contributed by atoms with Gasteiger partial charge < -0.3 is 15.7 Å². The molecule has 0 atom stereocenters. The third-order valence-corrected chi connectivity index (χ3v) is 3.53. The second-order valence-corrected chi connectivity index (χ2v) is 5.19. The normalized spacial score (nSPS) is 10.8. The number of amides is 1. The molecule has 0 saturated heterocycles. The Bertz CT molecular complexity index is 436. The maximum absolute atomic E-state index is 12.5. The largest absolute Gasteiger partial charge is 0.395 e. The molecule has 6 heteroatoms. The maximum atomic E-state index is 12.5. The van der Waals surface area contributed by atoms with Crippen LogP contribution in [0.3, 0.4) is 0 Å². The van der Waals surface area contributed by atoms with Gasteiger partial charge >= 0.3 is 0 Å². The van der Waals surface area contributed by atoms with Crippen LogP contribution in [0, 0.1) is 0 Å². The highest BCUT2D eigenvalue weighted by atomic mass is 79.9. The van der Waals surface area contributed by atoms with E-state index in [1.807, 2.05) is 13.8 Å². The van der Waals surface area contributed by atoms with Gasteiger partial charge in [-0.3, -0.25) is 4.79 Å². The molecule has 0 unspecified atom stereocenters. The molecule has 0 saturated carbocycles. The van der Waals surface area contributed by atoms with E-state index in [1.54, 1.807) is 17.2 Å². The Hall–Kier alpha value is -1.14. The van der Waals surface area contributed by atoms with Crippen molar-refractivity contribution >= 4 is 27.7 Å². The van der Waals surface area contributed by atoms with Crippen molar-refractivity contribution in [1.29, 1.82) is 0 Å². The van der Waals surface area contributed by atoms with Crippen molar-refractivity contribution in [2.45, 2.75) is 32.7 Å². The van der Waals surface area contributed by atoms with Crippen molar-refractivity contribution in [2.24, 2.45) is 0 Å². The number of nitrogens with zero attached hydrogens (tertiary/aromatic N) is 2. The number of aromatic nitrogens is 1. The highest BCUT2D eigenvalue weighted by Gasteiger charge is 2.24. The number of hydrogen-bond donors (Lipinski definition) is 2. The molecular weight excluding hydrogens is 310 g/mol. The summed E-state index contributed by atoms with van der Waals surface area (Å²) in [7, 11) is 0. The lowest BCUT2D eigenvalue weighted by Crippen LogP contribution is -2.42. The van der Waals surface area contributed by atoms with Gasteiger partial charge in [0.2, 0.25) is 0 Å². The Morgan fingerprint density at radius 3 is 2.68 bits per heavy atom. The maximum Gasteiger partial charge on any atom is 0.257 e. The minimum absolute atomic E-state index is 0.0659. The van der Waals surface area contributed by atoms with E-state index in [4.69, 9.17) is 10.8 Å². The van der Waals surface area contributed by atoms with Crippen LogP contribution in [0.1, 0.15) is 37.0 Å². The number of rotatable bonds is 6. The Morgan fingerprint density at radius 1 is 1.53 bits per heavy atom. The molecule has 1 heterocycles. The number of halogens is 1. The summed E-state index contributed by atoms with van der Waals surface area (Å²) < 4.78 is 0.707. The molecule has 0 fully saturated rings. The first kappa shape index (κ1) is 15.9. The van der Waals surface area contributed by atoms with Gasteiger partial charge in [-0.15, -0.1) is 0 Å². The summed E-state index contributed by atoms with van der Waals surface area (Å²) in [5, 5.41) is 9.15. The van der Waals surface area contributed by atoms with Gasteiger partial charge in [-0.25, -0.2) is 4.98 Å². The average Bonchev–Trinajstić information content (AvgIpc) is 2.41. The Morgan fingerprint density at radius 2 is 2.16 bits per heavy atom. The minimum atomic E-state index is -0.186. The van der Waals surface area contributed by atoms with E-state index in [1.165, 1.54) is 0 Å². The first-order valence-corrected chi connectivity index (χ1v) is 7.17. The second-order valence-electron chi connectivity index (χ2n) is 4.28. The van der Waals surface area contributed by atoms with Crippen LogP contribution in [-0.4, -0.2) is 40.1 Å². The van der Waals surface area contributed by atoms with Crippen molar-refractivity contribution < 1.29 is 9.90 Å². The Kier molecular flexibility index (Phi) is 6.24. The van der Waals surface area contributed by atoms with Crippen molar-refractivity contribution in [1.82, 2.24) is 9.88 Å². The number of pyridine rings is 1. The quantitative estimate of drug-likeness (QED) is 0.837. The fraction of sp³-hybridized carbons (Fsp3) is 0.538. The number of carbonyl (C=O) groups is 1. The van der Waals surface area contributed by atoms with Gasteiger partial charge in [0.05, 0.1) is 12.2 Å². The van der Waals surface area contributed by atoms with Crippen molar-refractivity contribution in [3.63, 3.8) is 0 Å². The molecule has 3 N–H and O–H groups in total. The van der Waals surface area contributed by atoms with E-state index in [9.17, 15) is 4.79 Å². The lowest BCUT2D eigenvalue weighted by molar-refractivity contribution is 0.0623. The van der Waals surface area contributed by atoms with Gasteiger partial charge in [0, 0.05) is 23.3 Å². The van der Waals surface area contributed by atoms with Gasteiger partial charge in [0.1, 0.15) is 5.82 Å². The number of nitrogen functional groups attached to an aromatic ring is 1. The fourth-order valence-electron chi connectivity index (χ4n) is 2.06. The van der Waals surface area contributed by atoms with Crippen LogP contribution in [0.25, 0.3) is 0 Å². The zero-order valence-electron chi connectivity index (χ0n) is 11.3. The highest BCUT2D eigenvalue weighted by molar-refractivity contribution is 9.10. The van der Waals surface area contributed by atoms with Crippen molar-refractivity contribution in [3.05, 3.63) is 22.3 Å². The van der Waals surface area contributed by atoms with Crippen LogP contribution >= 0.6 is 15.9 Å². The number of carbonyl (C=O) groups excluding carboxylic acids is 1. The fourth-order valence-corrected chi connectivity index (χ4v) is 2.39. The molecule has 0 radical (unpaired) electrons. The summed E-state index contributed by atoms with van der Waals surface area (Å²) in [4.78, 5) is 18.2. The summed E-state index contributed by atoms with van der Waals surface area (Å²) >= 11 is 3.29.